The predicted molar refractivity (Wildman–Crippen MR) is 136 cm³/mol. The molecule has 0 aliphatic carbocycles. The number of anilines is 1. The maximum absolute atomic E-state index is 14.8. The van der Waals surface area contributed by atoms with E-state index >= 15 is 0 Å². The number of amides is 1. The molecule has 0 unspecified atom stereocenters. The molecule has 192 valence electrons. The number of para-hydroxylation sites is 1. The van der Waals surface area contributed by atoms with E-state index in [0.29, 0.717) is 19.0 Å². The van der Waals surface area contributed by atoms with Crippen molar-refractivity contribution in [3.05, 3.63) is 66.5 Å². The number of hydrogen-bond acceptors (Lipinski definition) is 8. The first-order valence-electron chi connectivity index (χ1n) is 11.7. The first-order chi connectivity index (χ1) is 17.9. The molecule has 0 radical (unpaired) electrons. The molecule has 1 aromatic carbocycles. The molecular formula is C24H27FN10O2. The van der Waals surface area contributed by atoms with Crippen molar-refractivity contribution in [1.29, 1.82) is 0 Å². The van der Waals surface area contributed by atoms with Crippen LogP contribution in [0.3, 0.4) is 0 Å². The predicted octanol–water partition coefficient (Wildman–Crippen LogP) is 0.821. The van der Waals surface area contributed by atoms with Gasteiger partial charge in [-0.2, -0.15) is 0 Å². The normalized spacial score (nSPS) is 19.6. The maximum Gasteiger partial charge on any atom is 0.295 e. The van der Waals surface area contributed by atoms with E-state index in [-0.39, 0.29) is 34.4 Å². The minimum absolute atomic E-state index is 0.0557. The van der Waals surface area contributed by atoms with Crippen LogP contribution in [-0.4, -0.2) is 62.6 Å². The summed E-state index contributed by atoms with van der Waals surface area (Å²) in [6.07, 6.45) is 6.24. The van der Waals surface area contributed by atoms with Crippen LogP contribution >= 0.6 is 0 Å². The highest BCUT2D eigenvalue weighted by atomic mass is 19.1. The van der Waals surface area contributed by atoms with E-state index in [1.807, 2.05) is 35.2 Å². The van der Waals surface area contributed by atoms with Gasteiger partial charge in [0.25, 0.3) is 11.7 Å². The van der Waals surface area contributed by atoms with Crippen molar-refractivity contribution >= 4 is 40.1 Å². The number of fused-ring (bicyclic) bond motifs is 3. The molecule has 13 heteroatoms. The highest BCUT2D eigenvalue weighted by Gasteiger charge is 2.45. The van der Waals surface area contributed by atoms with E-state index in [2.05, 4.69) is 20.4 Å². The SMILES string of the molecule is N/C=C\N(N)c1ncc(F)c2c(C(=O)C(=O)N3[C@@H]4CC[C@H]3CN(C(=Nc3ccccc3)NN)C4)c[nH]c12. The quantitative estimate of drug-likeness (QED) is 0.0838. The van der Waals surface area contributed by atoms with Crippen molar-refractivity contribution in [3.63, 3.8) is 0 Å². The number of pyridine rings is 1. The van der Waals surface area contributed by atoms with Gasteiger partial charge in [0.05, 0.1) is 40.4 Å². The van der Waals surface area contributed by atoms with Crippen LogP contribution in [0.4, 0.5) is 15.9 Å². The van der Waals surface area contributed by atoms with Crippen LogP contribution in [0, 0.1) is 5.82 Å². The Labute approximate surface area is 211 Å². The van der Waals surface area contributed by atoms with E-state index in [1.165, 1.54) is 18.6 Å². The molecule has 37 heavy (non-hydrogen) atoms. The number of nitrogens with one attached hydrogen (secondary N) is 2. The average molecular weight is 507 g/mol. The van der Waals surface area contributed by atoms with Crippen LogP contribution in [0.15, 0.2) is 60.1 Å². The van der Waals surface area contributed by atoms with Crippen molar-refractivity contribution in [2.24, 2.45) is 22.4 Å². The number of benzene rings is 1. The molecular weight excluding hydrogens is 479 g/mol. The number of ketones is 1. The van der Waals surface area contributed by atoms with Crippen molar-refractivity contribution in [1.82, 2.24) is 25.2 Å². The maximum atomic E-state index is 14.8. The summed E-state index contributed by atoms with van der Waals surface area (Å²) in [5.74, 6) is 10.1. The number of aliphatic imine (C=N–C) groups is 1. The van der Waals surface area contributed by atoms with Crippen molar-refractivity contribution in [3.8, 4) is 0 Å². The second-order valence-electron chi connectivity index (χ2n) is 8.88. The first kappa shape index (κ1) is 24.2. The van der Waals surface area contributed by atoms with Crippen LogP contribution in [0.5, 0.6) is 0 Å². The third-order valence-corrected chi connectivity index (χ3v) is 6.71. The fourth-order valence-electron chi connectivity index (χ4n) is 5.09. The van der Waals surface area contributed by atoms with Gasteiger partial charge in [0.15, 0.2) is 11.6 Å². The number of nitrogens with zero attached hydrogens (tertiary/aromatic N) is 5. The second-order valence-corrected chi connectivity index (χ2v) is 8.88. The molecule has 2 atom stereocenters. The summed E-state index contributed by atoms with van der Waals surface area (Å²) in [5.41, 5.74) is 8.88. The van der Waals surface area contributed by atoms with Gasteiger partial charge in [0.1, 0.15) is 0 Å². The van der Waals surface area contributed by atoms with E-state index in [0.717, 1.165) is 29.7 Å². The Morgan fingerprint density at radius 2 is 1.92 bits per heavy atom. The number of halogens is 1. The van der Waals surface area contributed by atoms with E-state index in [9.17, 15) is 14.0 Å². The monoisotopic (exact) mass is 506 g/mol. The van der Waals surface area contributed by atoms with Crippen LogP contribution in [0.1, 0.15) is 23.2 Å². The number of rotatable bonds is 5. The first-order valence-corrected chi connectivity index (χ1v) is 11.7. The Bertz CT molecular complexity index is 1370. The van der Waals surface area contributed by atoms with Gasteiger partial charge in [-0.1, -0.05) is 18.2 Å². The highest BCUT2D eigenvalue weighted by molar-refractivity contribution is 6.45. The summed E-state index contributed by atoms with van der Waals surface area (Å²) in [4.78, 5) is 41.8. The Morgan fingerprint density at radius 3 is 2.57 bits per heavy atom. The number of H-pyrrole nitrogens is 1. The van der Waals surface area contributed by atoms with E-state index in [4.69, 9.17) is 17.4 Å². The van der Waals surface area contributed by atoms with Crippen molar-refractivity contribution < 1.29 is 14.0 Å². The molecule has 8 N–H and O–H groups in total. The standard InChI is InChI=1S/C24H27FN10O2/c25-18-11-30-22(34(28)9-8-26)20-19(18)17(10-29-20)21(36)23(37)35-15-6-7-16(35)13-33(12-15)24(32-27)31-14-4-2-1-3-5-14/h1-5,8-11,15-16,29H,6-7,12-13,26-28H2,(H,31,32)/b9-8-/t15-,16+. The lowest BCUT2D eigenvalue weighted by molar-refractivity contribution is -0.131. The Hall–Kier alpha value is -4.49. The van der Waals surface area contributed by atoms with Crippen LogP contribution in [-0.2, 0) is 4.79 Å². The smallest absolute Gasteiger partial charge is 0.295 e. The van der Waals surface area contributed by atoms with Gasteiger partial charge in [-0.15, -0.1) is 0 Å². The van der Waals surface area contributed by atoms with Crippen molar-refractivity contribution in [2.45, 2.75) is 24.9 Å². The van der Waals surface area contributed by atoms with Gasteiger partial charge in [-0.05, 0) is 25.0 Å². The molecule has 2 aliphatic rings. The van der Waals surface area contributed by atoms with E-state index < -0.39 is 17.5 Å². The molecule has 3 aromatic rings. The summed E-state index contributed by atoms with van der Waals surface area (Å²) < 4.78 is 14.8. The zero-order valence-electron chi connectivity index (χ0n) is 19.8. The number of aromatic nitrogens is 2. The third kappa shape index (κ3) is 4.34. The minimum atomic E-state index is -0.805. The van der Waals surface area contributed by atoms with E-state index in [1.54, 1.807) is 4.90 Å². The number of carbonyl (C=O) groups is 2. The number of likely N-dealkylation sites (tertiary alicyclic amines) is 1. The summed E-state index contributed by atoms with van der Waals surface area (Å²) >= 11 is 0. The zero-order chi connectivity index (χ0) is 26.1. The average Bonchev–Trinajstić information content (AvgIpc) is 3.46. The zero-order valence-corrected chi connectivity index (χ0v) is 19.8. The molecule has 5 rings (SSSR count). The molecule has 2 aromatic heterocycles. The van der Waals surface area contributed by atoms with Crippen LogP contribution in [0.25, 0.3) is 10.9 Å². The van der Waals surface area contributed by atoms with Crippen molar-refractivity contribution in [2.75, 3.05) is 18.1 Å². The van der Waals surface area contributed by atoms with Gasteiger partial charge in [0, 0.05) is 31.7 Å². The topological polar surface area (TPSA) is 175 Å². The third-order valence-electron chi connectivity index (χ3n) is 6.71. The lowest BCUT2D eigenvalue weighted by atomic mass is 10.1. The van der Waals surface area contributed by atoms with Gasteiger partial charge in [0.2, 0.25) is 5.96 Å². The van der Waals surface area contributed by atoms with Gasteiger partial charge in [-0.3, -0.25) is 20.0 Å². The number of carbonyl (C=O) groups excluding carboxylic acids is 2. The fraction of sp³-hybridized carbons (Fsp3) is 0.250. The number of nitrogens with two attached hydrogens (primary N) is 3. The molecule has 12 nitrogen and oxygen atoms in total. The largest absolute Gasteiger partial charge is 0.403 e. The summed E-state index contributed by atoms with van der Waals surface area (Å²) in [6.45, 7) is 0.907. The number of aromatic amines is 1. The van der Waals surface area contributed by atoms with Gasteiger partial charge < -0.3 is 20.5 Å². The highest BCUT2D eigenvalue weighted by Crippen LogP contribution is 2.33. The number of Topliss-reactive ketones (excluding diaryl/α,β-unsaturated/α-hetero) is 1. The molecule has 2 fully saturated rings. The number of guanidine groups is 1. The Balaban J connectivity index is 1.39. The number of hydrogen-bond donors (Lipinski definition) is 5. The summed E-state index contributed by atoms with van der Waals surface area (Å²) in [6, 6.07) is 8.95. The van der Waals surface area contributed by atoms with Gasteiger partial charge >= 0.3 is 0 Å². The number of hydrazine groups is 2. The molecule has 2 bridgehead atoms. The Morgan fingerprint density at radius 1 is 1.22 bits per heavy atom. The second kappa shape index (κ2) is 9.87. The molecule has 2 aliphatic heterocycles. The van der Waals surface area contributed by atoms with Crippen LogP contribution < -0.4 is 27.9 Å². The molecule has 1 amide bonds. The lowest BCUT2D eigenvalue weighted by Crippen LogP contribution is -2.60. The van der Waals surface area contributed by atoms with Gasteiger partial charge in [-0.25, -0.2) is 26.1 Å². The molecule has 0 spiro atoms. The van der Waals surface area contributed by atoms with Crippen LogP contribution in [0.2, 0.25) is 0 Å². The Kier molecular flexibility index (Phi) is 6.46. The molecule has 4 heterocycles. The fourth-order valence-corrected chi connectivity index (χ4v) is 5.09. The molecule has 0 saturated carbocycles. The summed E-state index contributed by atoms with van der Waals surface area (Å²) in [7, 11) is 0. The number of piperazine rings is 1. The summed E-state index contributed by atoms with van der Waals surface area (Å²) in [5, 5.41) is 1.04. The lowest BCUT2D eigenvalue weighted by Gasteiger charge is -2.41. The molecule has 2 saturated heterocycles. The minimum Gasteiger partial charge on any atom is -0.403 e.